The van der Waals surface area contributed by atoms with E-state index in [1.54, 1.807) is 0 Å². The maximum absolute atomic E-state index is 11.3. The number of likely N-dealkylation sites (N-methyl/N-ethyl adjacent to an activating group) is 1. The molecule has 0 bridgehead atoms. The van der Waals surface area contributed by atoms with E-state index in [0.717, 1.165) is 30.9 Å². The number of nitrogens with zero attached hydrogens (tertiary/aromatic N) is 1. The van der Waals surface area contributed by atoms with Crippen molar-refractivity contribution in [2.45, 2.75) is 25.9 Å². The third-order valence-corrected chi connectivity index (χ3v) is 4.31. The van der Waals surface area contributed by atoms with Crippen LogP contribution in [0.15, 0.2) is 24.3 Å². The summed E-state index contributed by atoms with van der Waals surface area (Å²) in [5.41, 5.74) is -0.524. The number of fused-ring (bicyclic) bond motifs is 1. The fourth-order valence-electron chi connectivity index (χ4n) is 2.77. The summed E-state index contributed by atoms with van der Waals surface area (Å²) in [4.78, 5) is 13.5. The molecule has 1 aliphatic carbocycles. The Morgan fingerprint density at radius 1 is 1.38 bits per heavy atom. The normalized spacial score (nSPS) is 22.1. The molecule has 1 aromatic rings. The second kappa shape index (κ2) is 5.56. The Bertz CT molecular complexity index is 527. The summed E-state index contributed by atoms with van der Waals surface area (Å²) >= 11 is 0. The lowest BCUT2D eigenvalue weighted by Crippen LogP contribution is -2.44. The number of rotatable bonds is 6. The Morgan fingerprint density at radius 2 is 2.10 bits per heavy atom. The smallest absolute Gasteiger partial charge is 0.310 e. The van der Waals surface area contributed by atoms with Gasteiger partial charge in [0, 0.05) is 13.1 Å². The first-order chi connectivity index (χ1) is 10.1. The minimum Gasteiger partial charge on any atom is -0.486 e. The highest BCUT2D eigenvalue weighted by atomic mass is 16.6. The van der Waals surface area contributed by atoms with Crippen molar-refractivity contribution in [3.63, 3.8) is 0 Å². The van der Waals surface area contributed by atoms with Crippen molar-refractivity contribution in [2.24, 2.45) is 5.41 Å². The van der Waals surface area contributed by atoms with Crippen molar-refractivity contribution >= 4 is 5.97 Å². The highest BCUT2D eigenvalue weighted by Crippen LogP contribution is 2.46. The van der Waals surface area contributed by atoms with Gasteiger partial charge in [-0.3, -0.25) is 9.69 Å². The summed E-state index contributed by atoms with van der Waals surface area (Å²) in [5.74, 6) is 0.872. The molecule has 2 aliphatic rings. The van der Waals surface area contributed by atoms with E-state index in [0.29, 0.717) is 19.7 Å². The Labute approximate surface area is 124 Å². The van der Waals surface area contributed by atoms with Crippen LogP contribution >= 0.6 is 0 Å². The molecule has 0 saturated heterocycles. The molecule has 1 atom stereocenters. The molecule has 1 saturated carbocycles. The second-order valence-electron chi connectivity index (χ2n) is 5.91. The Hall–Kier alpha value is -1.75. The van der Waals surface area contributed by atoms with Crippen LogP contribution in [0.3, 0.4) is 0 Å². The summed E-state index contributed by atoms with van der Waals surface area (Å²) in [6, 6.07) is 7.64. The average molecular weight is 291 g/mol. The lowest BCUT2D eigenvalue weighted by Gasteiger charge is -2.32. The molecule has 0 aromatic heterocycles. The molecule has 1 fully saturated rings. The predicted molar refractivity (Wildman–Crippen MR) is 77.8 cm³/mol. The molecule has 0 amide bonds. The zero-order chi connectivity index (χ0) is 14.9. The van der Waals surface area contributed by atoms with Crippen LogP contribution in [0.1, 0.15) is 19.8 Å². The number of hydrogen-bond donors (Lipinski definition) is 1. The first kappa shape index (κ1) is 14.2. The lowest BCUT2D eigenvalue weighted by molar-refractivity contribution is -0.144. The number of carboxylic acid groups (broad SMARTS) is 1. The van der Waals surface area contributed by atoms with Crippen molar-refractivity contribution in [3.8, 4) is 11.5 Å². The SMILES string of the molecule is CCN(CC1COc2ccccc2O1)CC1(C(=O)O)CC1. The number of ether oxygens (including phenoxy) is 2. The van der Waals surface area contributed by atoms with E-state index in [2.05, 4.69) is 11.8 Å². The molecule has 5 nitrogen and oxygen atoms in total. The minimum absolute atomic E-state index is 0.0514. The van der Waals surface area contributed by atoms with Crippen molar-refractivity contribution in [1.82, 2.24) is 4.90 Å². The van der Waals surface area contributed by atoms with Gasteiger partial charge in [-0.05, 0) is 31.5 Å². The molecule has 1 unspecified atom stereocenters. The number of hydrogen-bond acceptors (Lipinski definition) is 4. The van der Waals surface area contributed by atoms with Crippen LogP contribution in [-0.2, 0) is 4.79 Å². The first-order valence-electron chi connectivity index (χ1n) is 7.47. The van der Waals surface area contributed by atoms with E-state index in [1.165, 1.54) is 0 Å². The molecule has 21 heavy (non-hydrogen) atoms. The van der Waals surface area contributed by atoms with E-state index >= 15 is 0 Å². The fraction of sp³-hybridized carbons (Fsp3) is 0.562. The maximum Gasteiger partial charge on any atom is 0.310 e. The van der Waals surface area contributed by atoms with E-state index < -0.39 is 11.4 Å². The molecule has 0 spiro atoms. The number of benzene rings is 1. The van der Waals surface area contributed by atoms with Crippen molar-refractivity contribution < 1.29 is 19.4 Å². The Morgan fingerprint density at radius 3 is 2.71 bits per heavy atom. The van der Waals surface area contributed by atoms with E-state index in [9.17, 15) is 9.90 Å². The largest absolute Gasteiger partial charge is 0.486 e. The molecule has 0 radical (unpaired) electrons. The van der Waals surface area contributed by atoms with Gasteiger partial charge in [-0.25, -0.2) is 0 Å². The van der Waals surface area contributed by atoms with Crippen molar-refractivity contribution in [3.05, 3.63) is 24.3 Å². The van der Waals surface area contributed by atoms with Gasteiger partial charge in [0.2, 0.25) is 0 Å². The van der Waals surface area contributed by atoms with E-state index in [4.69, 9.17) is 9.47 Å². The van der Waals surface area contributed by atoms with Crippen LogP contribution in [-0.4, -0.2) is 48.3 Å². The summed E-state index contributed by atoms with van der Waals surface area (Å²) in [7, 11) is 0. The van der Waals surface area contributed by atoms with Gasteiger partial charge in [-0.1, -0.05) is 19.1 Å². The number of carboxylic acids is 1. The number of carbonyl (C=O) groups is 1. The van der Waals surface area contributed by atoms with Gasteiger partial charge in [0.05, 0.1) is 5.41 Å². The topological polar surface area (TPSA) is 59.0 Å². The fourth-order valence-corrected chi connectivity index (χ4v) is 2.77. The van der Waals surface area contributed by atoms with Gasteiger partial charge < -0.3 is 14.6 Å². The first-order valence-corrected chi connectivity index (χ1v) is 7.47. The monoisotopic (exact) mass is 291 g/mol. The van der Waals surface area contributed by atoms with E-state index in [-0.39, 0.29) is 6.10 Å². The van der Waals surface area contributed by atoms with Gasteiger partial charge in [-0.2, -0.15) is 0 Å². The second-order valence-corrected chi connectivity index (χ2v) is 5.91. The summed E-state index contributed by atoms with van der Waals surface area (Å²) in [6.45, 7) is 4.67. The lowest BCUT2D eigenvalue weighted by atomic mass is 10.1. The summed E-state index contributed by atoms with van der Waals surface area (Å²) < 4.78 is 11.7. The van der Waals surface area contributed by atoms with Gasteiger partial charge in [0.15, 0.2) is 11.5 Å². The van der Waals surface area contributed by atoms with Gasteiger partial charge in [-0.15, -0.1) is 0 Å². The molecule has 1 aromatic carbocycles. The molecule has 1 aliphatic heterocycles. The zero-order valence-electron chi connectivity index (χ0n) is 12.2. The van der Waals surface area contributed by atoms with Crippen LogP contribution in [0.5, 0.6) is 11.5 Å². The van der Waals surface area contributed by atoms with Crippen LogP contribution in [0.25, 0.3) is 0 Å². The summed E-state index contributed by atoms with van der Waals surface area (Å²) in [5, 5.41) is 9.30. The predicted octanol–water partition coefficient (Wildman–Crippen LogP) is 2.01. The van der Waals surface area contributed by atoms with Crippen LogP contribution < -0.4 is 9.47 Å². The third kappa shape index (κ3) is 2.97. The molecular weight excluding hydrogens is 270 g/mol. The van der Waals surface area contributed by atoms with E-state index in [1.807, 2.05) is 24.3 Å². The minimum atomic E-state index is -0.674. The highest BCUT2D eigenvalue weighted by Gasteiger charge is 2.51. The molecule has 5 heteroatoms. The highest BCUT2D eigenvalue weighted by molar-refractivity contribution is 5.78. The Balaban J connectivity index is 1.60. The third-order valence-electron chi connectivity index (χ3n) is 4.31. The van der Waals surface area contributed by atoms with Crippen LogP contribution in [0.4, 0.5) is 0 Å². The zero-order valence-corrected chi connectivity index (χ0v) is 12.2. The molecule has 114 valence electrons. The Kier molecular flexibility index (Phi) is 3.76. The summed E-state index contributed by atoms with van der Waals surface area (Å²) in [6.07, 6.45) is 1.51. The van der Waals surface area contributed by atoms with Crippen LogP contribution in [0, 0.1) is 5.41 Å². The van der Waals surface area contributed by atoms with Gasteiger partial charge in [0.25, 0.3) is 0 Å². The number of aliphatic carboxylic acids is 1. The molecule has 1 N–H and O–H groups in total. The average Bonchev–Trinajstić information content (AvgIpc) is 3.27. The van der Waals surface area contributed by atoms with Crippen LogP contribution in [0.2, 0.25) is 0 Å². The number of para-hydroxylation sites is 2. The quantitative estimate of drug-likeness (QED) is 0.869. The van der Waals surface area contributed by atoms with Crippen molar-refractivity contribution in [1.29, 1.82) is 0 Å². The molecule has 3 rings (SSSR count). The molecular formula is C16H21NO4. The van der Waals surface area contributed by atoms with Gasteiger partial charge in [0.1, 0.15) is 12.7 Å². The molecule has 1 heterocycles. The standard InChI is InChI=1S/C16H21NO4/c1-2-17(11-16(7-8-16)15(18)19)9-12-10-20-13-5-3-4-6-14(13)21-12/h3-6,12H,2,7-11H2,1H3,(H,18,19). The maximum atomic E-state index is 11.3. The van der Waals surface area contributed by atoms with Gasteiger partial charge >= 0.3 is 5.97 Å². The van der Waals surface area contributed by atoms with Crippen molar-refractivity contribution in [2.75, 3.05) is 26.2 Å².